The number of carbonyl (C=O) groups is 3. The van der Waals surface area contributed by atoms with Crippen LogP contribution in [0.2, 0.25) is 0 Å². The van der Waals surface area contributed by atoms with Crippen molar-refractivity contribution in [1.82, 2.24) is 9.97 Å². The number of rotatable bonds is 6. The predicted molar refractivity (Wildman–Crippen MR) is 107 cm³/mol. The summed E-state index contributed by atoms with van der Waals surface area (Å²) in [5.74, 6) is -1.40. The van der Waals surface area contributed by atoms with Gasteiger partial charge in [-0.25, -0.2) is 4.98 Å². The van der Waals surface area contributed by atoms with Gasteiger partial charge in [0.1, 0.15) is 5.00 Å². The Morgan fingerprint density at radius 2 is 1.79 bits per heavy atom. The van der Waals surface area contributed by atoms with E-state index >= 15 is 0 Å². The Balaban J connectivity index is 1.77. The van der Waals surface area contributed by atoms with Crippen molar-refractivity contribution in [3.8, 4) is 0 Å². The topological polar surface area (TPSA) is 139 Å². The molecule has 0 bridgehead atoms. The summed E-state index contributed by atoms with van der Waals surface area (Å²) in [6.07, 6.45) is 3.23. The van der Waals surface area contributed by atoms with E-state index < -0.39 is 11.8 Å². The Labute approximate surface area is 164 Å². The zero-order chi connectivity index (χ0) is 20.1. The van der Waals surface area contributed by atoms with E-state index in [2.05, 4.69) is 25.9 Å². The summed E-state index contributed by atoms with van der Waals surface area (Å²) >= 11 is 1.08. The van der Waals surface area contributed by atoms with E-state index in [9.17, 15) is 14.4 Å². The van der Waals surface area contributed by atoms with E-state index in [-0.39, 0.29) is 16.6 Å². The summed E-state index contributed by atoms with van der Waals surface area (Å²) in [6.45, 7) is 1.40. The van der Waals surface area contributed by atoms with Crippen LogP contribution >= 0.6 is 11.3 Å². The molecule has 0 spiro atoms. The fraction of sp³-hybridized carbons (Fsp3) is 0.0556. The second kappa shape index (κ2) is 8.27. The Morgan fingerprint density at radius 3 is 2.39 bits per heavy atom. The molecule has 2 heterocycles. The molecule has 9 nitrogen and oxygen atoms in total. The van der Waals surface area contributed by atoms with Crippen LogP contribution in [0.25, 0.3) is 0 Å². The summed E-state index contributed by atoms with van der Waals surface area (Å²) in [7, 11) is 0. The highest BCUT2D eigenvalue weighted by molar-refractivity contribution is 7.20. The Morgan fingerprint density at radius 1 is 1.04 bits per heavy atom. The van der Waals surface area contributed by atoms with Gasteiger partial charge < -0.3 is 21.7 Å². The maximum atomic E-state index is 12.5. The zero-order valence-corrected chi connectivity index (χ0v) is 15.5. The molecule has 28 heavy (non-hydrogen) atoms. The number of pyridine rings is 1. The Hall–Kier alpha value is -3.79. The molecule has 3 amide bonds. The van der Waals surface area contributed by atoms with Gasteiger partial charge in [-0.3, -0.25) is 19.4 Å². The average Bonchev–Trinajstić information content (AvgIpc) is 3.05. The quantitative estimate of drug-likeness (QED) is 0.505. The van der Waals surface area contributed by atoms with Crippen molar-refractivity contribution in [1.29, 1.82) is 0 Å². The molecule has 0 aliphatic heterocycles. The molecule has 2 aromatic heterocycles. The van der Waals surface area contributed by atoms with Crippen molar-refractivity contribution in [2.45, 2.75) is 6.92 Å². The normalized spacial score (nSPS) is 10.2. The molecule has 0 saturated heterocycles. The number of aromatic nitrogens is 2. The molecule has 0 radical (unpaired) electrons. The van der Waals surface area contributed by atoms with Crippen LogP contribution in [-0.2, 0) is 4.79 Å². The SMILES string of the molecule is CC(=O)Nc1ccc(C(=O)Nc2sc(Nc3cccnc3)nc2C(N)=O)cc1. The fourth-order valence-corrected chi connectivity index (χ4v) is 3.15. The first-order chi connectivity index (χ1) is 13.4. The van der Waals surface area contributed by atoms with Crippen molar-refractivity contribution in [3.63, 3.8) is 0 Å². The van der Waals surface area contributed by atoms with Gasteiger partial charge in [-0.2, -0.15) is 0 Å². The number of nitrogens with zero attached hydrogens (tertiary/aromatic N) is 2. The third kappa shape index (κ3) is 4.68. The third-order valence-electron chi connectivity index (χ3n) is 3.47. The van der Waals surface area contributed by atoms with Gasteiger partial charge in [0.15, 0.2) is 10.8 Å². The van der Waals surface area contributed by atoms with E-state index in [4.69, 9.17) is 5.73 Å². The standard InChI is InChI=1S/C18H16N6O3S/c1-10(25)21-12-6-4-11(5-7-12)16(27)24-17-14(15(19)26)23-18(28-17)22-13-3-2-8-20-9-13/h2-9H,1H3,(H2,19,26)(H,21,25)(H,22,23)(H,24,27). The molecule has 3 aromatic rings. The Bertz CT molecular complexity index is 1020. The van der Waals surface area contributed by atoms with E-state index in [1.165, 1.54) is 6.92 Å². The predicted octanol–water partition coefficient (Wildman–Crippen LogP) is 2.59. The van der Waals surface area contributed by atoms with Gasteiger partial charge in [0.05, 0.1) is 11.9 Å². The largest absolute Gasteiger partial charge is 0.364 e. The van der Waals surface area contributed by atoms with Crippen LogP contribution in [-0.4, -0.2) is 27.7 Å². The number of nitrogens with one attached hydrogen (secondary N) is 3. The van der Waals surface area contributed by atoms with Crippen molar-refractivity contribution in [3.05, 3.63) is 60.0 Å². The number of benzene rings is 1. The van der Waals surface area contributed by atoms with Gasteiger partial charge in [0.25, 0.3) is 11.8 Å². The first kappa shape index (κ1) is 19.0. The Kier molecular flexibility index (Phi) is 5.61. The highest BCUT2D eigenvalue weighted by Crippen LogP contribution is 2.30. The molecule has 0 saturated carbocycles. The molecule has 3 rings (SSSR count). The molecule has 142 valence electrons. The van der Waals surface area contributed by atoms with Crippen LogP contribution in [0.15, 0.2) is 48.8 Å². The van der Waals surface area contributed by atoms with Crippen LogP contribution in [0.4, 0.5) is 21.5 Å². The second-order valence-corrected chi connectivity index (χ2v) is 6.64. The second-order valence-electron chi connectivity index (χ2n) is 5.64. The first-order valence-corrected chi connectivity index (χ1v) is 8.90. The van der Waals surface area contributed by atoms with Crippen LogP contribution in [0.3, 0.4) is 0 Å². The number of carbonyl (C=O) groups excluding carboxylic acids is 3. The maximum absolute atomic E-state index is 12.5. The maximum Gasteiger partial charge on any atom is 0.270 e. The molecule has 1 aromatic carbocycles. The lowest BCUT2D eigenvalue weighted by Gasteiger charge is -2.05. The van der Waals surface area contributed by atoms with E-state index in [0.29, 0.717) is 22.1 Å². The number of nitrogens with two attached hydrogens (primary N) is 1. The molecular weight excluding hydrogens is 380 g/mol. The van der Waals surface area contributed by atoms with Gasteiger partial charge in [-0.15, -0.1) is 0 Å². The summed E-state index contributed by atoms with van der Waals surface area (Å²) < 4.78 is 0. The summed E-state index contributed by atoms with van der Waals surface area (Å²) in [5, 5.41) is 8.89. The summed E-state index contributed by atoms with van der Waals surface area (Å²) in [6, 6.07) is 9.85. The smallest absolute Gasteiger partial charge is 0.270 e. The van der Waals surface area contributed by atoms with Crippen LogP contribution in [0.5, 0.6) is 0 Å². The van der Waals surface area contributed by atoms with Gasteiger partial charge in [0.2, 0.25) is 5.91 Å². The number of hydrogen-bond donors (Lipinski definition) is 4. The number of hydrogen-bond acceptors (Lipinski definition) is 7. The lowest BCUT2D eigenvalue weighted by atomic mass is 10.2. The van der Waals surface area contributed by atoms with E-state index in [0.717, 1.165) is 11.3 Å². The molecule has 0 aliphatic rings. The van der Waals surface area contributed by atoms with Crippen LogP contribution < -0.4 is 21.7 Å². The van der Waals surface area contributed by atoms with Crippen LogP contribution in [0.1, 0.15) is 27.8 Å². The highest BCUT2D eigenvalue weighted by atomic mass is 32.1. The van der Waals surface area contributed by atoms with Crippen LogP contribution in [0, 0.1) is 0 Å². The van der Waals surface area contributed by atoms with E-state index in [1.54, 1.807) is 48.8 Å². The number of primary amides is 1. The lowest BCUT2D eigenvalue weighted by molar-refractivity contribution is -0.114. The molecule has 0 atom stereocenters. The number of anilines is 4. The van der Waals surface area contributed by atoms with Gasteiger partial charge in [-0.05, 0) is 36.4 Å². The average molecular weight is 396 g/mol. The monoisotopic (exact) mass is 396 g/mol. The number of thiazole rings is 1. The minimum atomic E-state index is -0.758. The van der Waals surface area contributed by atoms with Gasteiger partial charge >= 0.3 is 0 Å². The lowest BCUT2D eigenvalue weighted by Crippen LogP contribution is -2.17. The third-order valence-corrected chi connectivity index (χ3v) is 4.35. The van der Waals surface area contributed by atoms with Crippen molar-refractivity contribution < 1.29 is 14.4 Å². The van der Waals surface area contributed by atoms with E-state index in [1.807, 2.05) is 0 Å². The fourth-order valence-electron chi connectivity index (χ4n) is 2.27. The molecule has 0 aliphatic carbocycles. The zero-order valence-electron chi connectivity index (χ0n) is 14.7. The minimum Gasteiger partial charge on any atom is -0.364 e. The summed E-state index contributed by atoms with van der Waals surface area (Å²) in [5.41, 5.74) is 6.93. The summed E-state index contributed by atoms with van der Waals surface area (Å²) in [4.78, 5) is 43.4. The molecule has 0 unspecified atom stereocenters. The van der Waals surface area contributed by atoms with Crippen molar-refractivity contribution in [2.75, 3.05) is 16.0 Å². The first-order valence-electron chi connectivity index (χ1n) is 8.09. The van der Waals surface area contributed by atoms with Gasteiger partial charge in [-0.1, -0.05) is 11.3 Å². The molecule has 0 fully saturated rings. The van der Waals surface area contributed by atoms with Gasteiger partial charge in [0, 0.05) is 24.4 Å². The molecule has 5 N–H and O–H groups in total. The molecular formula is C18H16N6O3S. The van der Waals surface area contributed by atoms with Crippen molar-refractivity contribution in [2.24, 2.45) is 5.73 Å². The minimum absolute atomic E-state index is 0.0420. The van der Waals surface area contributed by atoms with Crippen molar-refractivity contribution >= 4 is 50.6 Å². The highest BCUT2D eigenvalue weighted by Gasteiger charge is 2.19. The molecule has 10 heteroatoms. The number of amides is 3.